The Morgan fingerprint density at radius 2 is 1.73 bits per heavy atom. The number of para-hydroxylation sites is 1. The second-order valence-corrected chi connectivity index (χ2v) is 3.59. The van der Waals surface area contributed by atoms with Gasteiger partial charge in [0.2, 0.25) is 11.8 Å². The minimum Gasteiger partial charge on any atom is -0.300 e. The molecule has 2 amide bonds. The van der Waals surface area contributed by atoms with Crippen molar-refractivity contribution in [2.24, 2.45) is 0 Å². The highest BCUT2D eigenvalue weighted by molar-refractivity contribution is 6.35. The first-order valence-electron chi connectivity index (χ1n) is 4.51. The molecule has 1 heterocycles. The zero-order valence-electron chi connectivity index (χ0n) is 7.87. The number of rotatable bonds is 1. The quantitative estimate of drug-likeness (QED) is 0.718. The second-order valence-electron chi connectivity index (χ2n) is 3.18. The molecule has 5 heteroatoms. The van der Waals surface area contributed by atoms with E-state index in [-0.39, 0.29) is 24.9 Å². The molecule has 0 spiro atoms. The van der Waals surface area contributed by atoms with Crippen molar-refractivity contribution < 1.29 is 9.59 Å². The van der Waals surface area contributed by atoms with Crippen LogP contribution in [0.5, 0.6) is 0 Å². The summed E-state index contributed by atoms with van der Waals surface area (Å²) in [4.78, 5) is 24.2. The van der Waals surface area contributed by atoms with Crippen LogP contribution in [0.2, 0.25) is 5.02 Å². The lowest BCUT2D eigenvalue weighted by molar-refractivity contribution is -0.127. The molecule has 0 saturated carbocycles. The first-order chi connectivity index (χ1) is 7.20. The molecule has 1 N–H and O–H groups in total. The van der Waals surface area contributed by atoms with Gasteiger partial charge in [-0.2, -0.15) is 0 Å². The van der Waals surface area contributed by atoms with E-state index in [2.05, 4.69) is 5.32 Å². The smallest absolute Gasteiger partial charge is 0.247 e. The maximum atomic E-state index is 11.5. The van der Waals surface area contributed by atoms with Crippen LogP contribution in [-0.4, -0.2) is 24.9 Å². The van der Waals surface area contributed by atoms with Crippen LogP contribution in [-0.2, 0) is 9.59 Å². The first-order valence-corrected chi connectivity index (χ1v) is 4.89. The summed E-state index contributed by atoms with van der Waals surface area (Å²) in [5.41, 5.74) is 0.454. The van der Waals surface area contributed by atoms with Crippen LogP contribution >= 0.6 is 11.6 Å². The van der Waals surface area contributed by atoms with Crippen LogP contribution < -0.4 is 10.2 Å². The van der Waals surface area contributed by atoms with E-state index >= 15 is 0 Å². The third-order valence-electron chi connectivity index (χ3n) is 2.14. The molecule has 1 aromatic carbocycles. The van der Waals surface area contributed by atoms with Gasteiger partial charge < -0.3 is 0 Å². The van der Waals surface area contributed by atoms with Crippen LogP contribution in [0, 0.1) is 0 Å². The van der Waals surface area contributed by atoms with E-state index < -0.39 is 0 Å². The Balaban J connectivity index is 2.40. The standard InChI is InChI=1S/C10H9ClN2O2/c11-7-3-1-2-4-8(7)13-9(14)5-12-6-10(13)15/h1-4,12H,5-6H2. The topological polar surface area (TPSA) is 49.4 Å². The zero-order valence-corrected chi connectivity index (χ0v) is 8.62. The minimum atomic E-state index is -0.278. The predicted molar refractivity (Wildman–Crippen MR) is 56.8 cm³/mol. The number of carbonyl (C=O) groups is 2. The second kappa shape index (κ2) is 4.00. The van der Waals surface area contributed by atoms with Gasteiger partial charge in [0.25, 0.3) is 0 Å². The van der Waals surface area contributed by atoms with Gasteiger partial charge in [0, 0.05) is 0 Å². The maximum absolute atomic E-state index is 11.5. The Kier molecular flexibility index (Phi) is 2.70. The van der Waals surface area contributed by atoms with Crippen molar-refractivity contribution in [3.05, 3.63) is 29.3 Å². The lowest BCUT2D eigenvalue weighted by Crippen LogP contribution is -2.52. The van der Waals surface area contributed by atoms with E-state index in [0.29, 0.717) is 10.7 Å². The summed E-state index contributed by atoms with van der Waals surface area (Å²) in [7, 11) is 0. The summed E-state index contributed by atoms with van der Waals surface area (Å²) in [6.07, 6.45) is 0. The van der Waals surface area contributed by atoms with Gasteiger partial charge in [0.05, 0.1) is 23.8 Å². The molecular weight excluding hydrogens is 216 g/mol. The SMILES string of the molecule is O=C1CNCC(=O)N1c1ccccc1Cl. The van der Waals surface area contributed by atoms with Crippen LogP contribution in [0.25, 0.3) is 0 Å². The van der Waals surface area contributed by atoms with Gasteiger partial charge in [-0.1, -0.05) is 23.7 Å². The molecule has 0 bridgehead atoms. The van der Waals surface area contributed by atoms with Crippen molar-refractivity contribution >= 4 is 29.1 Å². The molecule has 1 aromatic rings. The average molecular weight is 225 g/mol. The van der Waals surface area contributed by atoms with Gasteiger partial charge in [0.1, 0.15) is 0 Å². The van der Waals surface area contributed by atoms with Crippen molar-refractivity contribution in [3.63, 3.8) is 0 Å². The summed E-state index contributed by atoms with van der Waals surface area (Å²) in [6, 6.07) is 6.80. The fraction of sp³-hybridized carbons (Fsp3) is 0.200. The van der Waals surface area contributed by atoms with Gasteiger partial charge >= 0.3 is 0 Å². The third-order valence-corrected chi connectivity index (χ3v) is 2.46. The molecule has 0 radical (unpaired) electrons. The average Bonchev–Trinajstić information content (AvgIpc) is 2.20. The Labute approximate surface area is 91.8 Å². The van der Waals surface area contributed by atoms with E-state index in [1.165, 1.54) is 0 Å². The van der Waals surface area contributed by atoms with Gasteiger partial charge in [-0.05, 0) is 12.1 Å². The highest BCUT2D eigenvalue weighted by Crippen LogP contribution is 2.25. The molecule has 0 atom stereocenters. The van der Waals surface area contributed by atoms with Gasteiger partial charge in [0.15, 0.2) is 0 Å². The molecule has 2 rings (SSSR count). The van der Waals surface area contributed by atoms with E-state index in [4.69, 9.17) is 11.6 Å². The molecule has 0 aromatic heterocycles. The Morgan fingerprint density at radius 1 is 1.13 bits per heavy atom. The predicted octanol–water partition coefficient (Wildman–Crippen LogP) is 0.803. The molecule has 1 aliphatic rings. The Bertz CT molecular complexity index is 404. The lowest BCUT2D eigenvalue weighted by atomic mass is 10.2. The zero-order chi connectivity index (χ0) is 10.8. The van der Waals surface area contributed by atoms with Crippen molar-refractivity contribution in [2.75, 3.05) is 18.0 Å². The Hall–Kier alpha value is -1.39. The number of hydrogen-bond donors (Lipinski definition) is 1. The van der Waals surface area contributed by atoms with Gasteiger partial charge in [-0.25, -0.2) is 4.90 Å². The highest BCUT2D eigenvalue weighted by atomic mass is 35.5. The summed E-state index contributed by atoms with van der Waals surface area (Å²) in [5.74, 6) is -0.557. The van der Waals surface area contributed by atoms with Crippen molar-refractivity contribution in [2.45, 2.75) is 0 Å². The van der Waals surface area contributed by atoms with Crippen LogP contribution in [0.4, 0.5) is 5.69 Å². The lowest BCUT2D eigenvalue weighted by Gasteiger charge is -2.26. The normalized spacial score (nSPS) is 17.0. The van der Waals surface area contributed by atoms with Crippen molar-refractivity contribution in [1.82, 2.24) is 5.32 Å². The molecule has 1 fully saturated rings. The number of nitrogens with zero attached hydrogens (tertiary/aromatic N) is 1. The third kappa shape index (κ3) is 1.86. The largest absolute Gasteiger partial charge is 0.300 e. The molecular formula is C10H9ClN2O2. The number of piperazine rings is 1. The van der Waals surface area contributed by atoms with Gasteiger partial charge in [-0.3, -0.25) is 14.9 Å². The van der Waals surface area contributed by atoms with Crippen LogP contribution in [0.15, 0.2) is 24.3 Å². The van der Waals surface area contributed by atoms with Crippen molar-refractivity contribution in [1.29, 1.82) is 0 Å². The van der Waals surface area contributed by atoms with Gasteiger partial charge in [-0.15, -0.1) is 0 Å². The number of nitrogens with one attached hydrogen (secondary N) is 1. The molecule has 1 saturated heterocycles. The number of halogens is 1. The number of carbonyl (C=O) groups excluding carboxylic acids is 2. The molecule has 15 heavy (non-hydrogen) atoms. The molecule has 0 aliphatic carbocycles. The fourth-order valence-corrected chi connectivity index (χ4v) is 1.70. The molecule has 1 aliphatic heterocycles. The number of anilines is 1. The first kappa shape index (κ1) is 10.1. The number of imide groups is 1. The summed E-state index contributed by atoms with van der Waals surface area (Å²) < 4.78 is 0. The monoisotopic (exact) mass is 224 g/mol. The number of amides is 2. The van der Waals surface area contributed by atoms with Crippen molar-refractivity contribution in [3.8, 4) is 0 Å². The number of benzene rings is 1. The summed E-state index contributed by atoms with van der Waals surface area (Å²) in [5, 5.41) is 3.12. The van der Waals surface area contributed by atoms with E-state index in [1.807, 2.05) is 0 Å². The van der Waals surface area contributed by atoms with E-state index in [9.17, 15) is 9.59 Å². The highest BCUT2D eigenvalue weighted by Gasteiger charge is 2.28. The molecule has 0 unspecified atom stereocenters. The fourth-order valence-electron chi connectivity index (χ4n) is 1.48. The maximum Gasteiger partial charge on any atom is 0.247 e. The molecule has 78 valence electrons. The molecule has 4 nitrogen and oxygen atoms in total. The summed E-state index contributed by atoms with van der Waals surface area (Å²) >= 11 is 5.92. The minimum absolute atomic E-state index is 0.164. The van der Waals surface area contributed by atoms with Crippen LogP contribution in [0.1, 0.15) is 0 Å². The Morgan fingerprint density at radius 3 is 2.33 bits per heavy atom. The van der Waals surface area contributed by atoms with E-state index in [0.717, 1.165) is 4.90 Å². The number of hydrogen-bond acceptors (Lipinski definition) is 3. The van der Waals surface area contributed by atoms with Crippen LogP contribution in [0.3, 0.4) is 0 Å². The van der Waals surface area contributed by atoms with E-state index in [1.54, 1.807) is 24.3 Å². The summed E-state index contributed by atoms with van der Waals surface area (Å²) in [6.45, 7) is 0.327.